The van der Waals surface area contributed by atoms with Gasteiger partial charge in [-0.3, -0.25) is 4.79 Å². The number of hydrogen-bond donors (Lipinski definition) is 1. The number of carbonyl (C=O) groups excluding carboxylic acids is 2. The summed E-state index contributed by atoms with van der Waals surface area (Å²) < 4.78 is 9.67. The quantitative estimate of drug-likeness (QED) is 0.503. The molecule has 1 amide bonds. The third-order valence-corrected chi connectivity index (χ3v) is 2.04. The molecule has 1 fully saturated rings. The van der Waals surface area contributed by atoms with Gasteiger partial charge >= 0.3 is 11.9 Å². The first-order chi connectivity index (χ1) is 6.74. The summed E-state index contributed by atoms with van der Waals surface area (Å²) in [7, 11) is 0. The van der Waals surface area contributed by atoms with Crippen LogP contribution < -0.4 is 5.32 Å². The Kier molecular flexibility index (Phi) is 4.39. The van der Waals surface area contributed by atoms with Crippen molar-refractivity contribution in [3.05, 3.63) is 0 Å². The minimum Gasteiger partial charge on any atom is -0.459 e. The number of ether oxygens (including phenoxy) is 2. The molecule has 1 N–H and O–H groups in total. The van der Waals surface area contributed by atoms with E-state index in [9.17, 15) is 9.59 Å². The summed E-state index contributed by atoms with van der Waals surface area (Å²) in [5.41, 5.74) is 0. The van der Waals surface area contributed by atoms with Gasteiger partial charge in [0.25, 0.3) is 0 Å². The SMILES string of the molecule is CCOC(=O)C(=O)NCC1CCOC1. The van der Waals surface area contributed by atoms with Gasteiger partial charge in [0.1, 0.15) is 0 Å². The highest BCUT2D eigenvalue weighted by molar-refractivity contribution is 6.32. The predicted octanol–water partition coefficient (Wildman–Crippen LogP) is -0.298. The average Bonchev–Trinajstić information content (AvgIpc) is 2.67. The molecule has 1 aliphatic heterocycles. The molecule has 0 spiro atoms. The Morgan fingerprint density at radius 2 is 2.36 bits per heavy atom. The summed E-state index contributed by atoms with van der Waals surface area (Å²) >= 11 is 0. The van der Waals surface area contributed by atoms with E-state index in [0.717, 1.165) is 13.0 Å². The van der Waals surface area contributed by atoms with Crippen molar-refractivity contribution in [2.75, 3.05) is 26.4 Å². The molecule has 1 aliphatic rings. The van der Waals surface area contributed by atoms with Crippen LogP contribution in [0, 0.1) is 5.92 Å². The van der Waals surface area contributed by atoms with Crippen LogP contribution in [0.5, 0.6) is 0 Å². The van der Waals surface area contributed by atoms with E-state index >= 15 is 0 Å². The fourth-order valence-corrected chi connectivity index (χ4v) is 1.25. The highest BCUT2D eigenvalue weighted by Crippen LogP contribution is 2.10. The van der Waals surface area contributed by atoms with Gasteiger partial charge in [-0.1, -0.05) is 0 Å². The zero-order valence-corrected chi connectivity index (χ0v) is 8.25. The van der Waals surface area contributed by atoms with Gasteiger partial charge in [-0.05, 0) is 13.3 Å². The highest BCUT2D eigenvalue weighted by atomic mass is 16.5. The van der Waals surface area contributed by atoms with Crippen molar-refractivity contribution < 1.29 is 19.1 Å². The van der Waals surface area contributed by atoms with Crippen LogP contribution in [0.1, 0.15) is 13.3 Å². The Hall–Kier alpha value is -1.10. The number of hydrogen-bond acceptors (Lipinski definition) is 4. The summed E-state index contributed by atoms with van der Waals surface area (Å²) in [6, 6.07) is 0. The van der Waals surface area contributed by atoms with Crippen LogP contribution in [-0.2, 0) is 19.1 Å². The van der Waals surface area contributed by atoms with Gasteiger partial charge in [-0.15, -0.1) is 0 Å². The van der Waals surface area contributed by atoms with Crippen LogP contribution >= 0.6 is 0 Å². The molecule has 0 radical (unpaired) electrons. The van der Waals surface area contributed by atoms with E-state index in [1.807, 2.05) is 0 Å². The molecule has 0 aliphatic carbocycles. The summed E-state index contributed by atoms with van der Waals surface area (Å²) in [6.07, 6.45) is 0.934. The molecule has 1 atom stereocenters. The summed E-state index contributed by atoms with van der Waals surface area (Å²) in [6.45, 7) is 3.76. The molecule has 5 nitrogen and oxygen atoms in total. The summed E-state index contributed by atoms with van der Waals surface area (Å²) in [5, 5.41) is 2.52. The van der Waals surface area contributed by atoms with Gasteiger partial charge in [-0.25, -0.2) is 4.79 Å². The number of esters is 1. The second-order valence-electron chi connectivity index (χ2n) is 3.16. The minimum absolute atomic E-state index is 0.221. The lowest BCUT2D eigenvalue weighted by molar-refractivity contribution is -0.154. The van der Waals surface area contributed by atoms with Crippen LogP contribution in [0.3, 0.4) is 0 Å². The lowest BCUT2D eigenvalue weighted by Crippen LogP contribution is -2.36. The fraction of sp³-hybridized carbons (Fsp3) is 0.778. The van der Waals surface area contributed by atoms with Gasteiger partial charge in [0.2, 0.25) is 0 Å². The Labute approximate surface area is 82.8 Å². The maximum atomic E-state index is 11.1. The van der Waals surface area contributed by atoms with Crippen LogP contribution in [0.4, 0.5) is 0 Å². The van der Waals surface area contributed by atoms with Crippen molar-refractivity contribution in [2.24, 2.45) is 5.92 Å². The predicted molar refractivity (Wildman–Crippen MR) is 48.6 cm³/mol. The standard InChI is InChI=1S/C9H15NO4/c1-2-14-9(12)8(11)10-5-7-3-4-13-6-7/h7H,2-6H2,1H3,(H,10,11). The van der Waals surface area contributed by atoms with Crippen molar-refractivity contribution in [2.45, 2.75) is 13.3 Å². The molecule has 80 valence electrons. The van der Waals surface area contributed by atoms with Crippen LogP contribution in [-0.4, -0.2) is 38.2 Å². The topological polar surface area (TPSA) is 64.6 Å². The maximum Gasteiger partial charge on any atom is 0.396 e. The van der Waals surface area contributed by atoms with Crippen LogP contribution in [0.25, 0.3) is 0 Å². The molecule has 5 heteroatoms. The lowest BCUT2D eigenvalue weighted by Gasteiger charge is -2.08. The van der Waals surface area contributed by atoms with Crippen molar-refractivity contribution in [1.29, 1.82) is 0 Å². The van der Waals surface area contributed by atoms with Gasteiger partial charge in [-0.2, -0.15) is 0 Å². The first-order valence-electron chi connectivity index (χ1n) is 4.76. The van der Waals surface area contributed by atoms with E-state index in [4.69, 9.17) is 4.74 Å². The monoisotopic (exact) mass is 201 g/mol. The minimum atomic E-state index is -0.814. The van der Waals surface area contributed by atoms with Crippen molar-refractivity contribution in [3.63, 3.8) is 0 Å². The zero-order chi connectivity index (χ0) is 10.4. The molecule has 0 aromatic carbocycles. The van der Waals surface area contributed by atoms with E-state index in [1.54, 1.807) is 6.92 Å². The van der Waals surface area contributed by atoms with Crippen molar-refractivity contribution >= 4 is 11.9 Å². The molecule has 0 bridgehead atoms. The van der Waals surface area contributed by atoms with Gasteiger partial charge < -0.3 is 14.8 Å². The second kappa shape index (κ2) is 5.59. The molecule has 0 aromatic rings. The fourth-order valence-electron chi connectivity index (χ4n) is 1.25. The maximum absolute atomic E-state index is 11.1. The average molecular weight is 201 g/mol. The molecule has 14 heavy (non-hydrogen) atoms. The van der Waals surface area contributed by atoms with Gasteiger partial charge in [0.15, 0.2) is 0 Å². The smallest absolute Gasteiger partial charge is 0.396 e. The molecular weight excluding hydrogens is 186 g/mol. The normalized spacial score (nSPS) is 20.5. The Bertz CT molecular complexity index is 211. The summed E-state index contributed by atoms with van der Waals surface area (Å²) in [5.74, 6) is -1.15. The Morgan fingerprint density at radius 3 is 2.93 bits per heavy atom. The molecule has 0 aromatic heterocycles. The number of nitrogens with one attached hydrogen (secondary N) is 1. The molecule has 0 saturated carbocycles. The van der Waals surface area contributed by atoms with Gasteiger partial charge in [0, 0.05) is 19.1 Å². The van der Waals surface area contributed by atoms with E-state index < -0.39 is 11.9 Å². The molecular formula is C9H15NO4. The van der Waals surface area contributed by atoms with Crippen molar-refractivity contribution in [3.8, 4) is 0 Å². The lowest BCUT2D eigenvalue weighted by atomic mass is 10.1. The number of amides is 1. The van der Waals surface area contributed by atoms with E-state index in [2.05, 4.69) is 10.1 Å². The van der Waals surface area contributed by atoms with Crippen molar-refractivity contribution in [1.82, 2.24) is 5.32 Å². The first-order valence-corrected chi connectivity index (χ1v) is 4.76. The Morgan fingerprint density at radius 1 is 1.57 bits per heavy atom. The molecule has 1 heterocycles. The molecule has 1 unspecified atom stereocenters. The third-order valence-electron chi connectivity index (χ3n) is 2.04. The first kappa shape index (κ1) is 11.0. The molecule has 1 rings (SSSR count). The molecule has 1 saturated heterocycles. The van der Waals surface area contributed by atoms with Crippen LogP contribution in [0.15, 0.2) is 0 Å². The van der Waals surface area contributed by atoms with E-state index in [1.165, 1.54) is 0 Å². The number of rotatable bonds is 3. The summed E-state index contributed by atoms with van der Waals surface area (Å²) in [4.78, 5) is 21.9. The number of carbonyl (C=O) groups is 2. The third kappa shape index (κ3) is 3.33. The largest absolute Gasteiger partial charge is 0.459 e. The Balaban J connectivity index is 2.16. The second-order valence-corrected chi connectivity index (χ2v) is 3.16. The van der Waals surface area contributed by atoms with Crippen LogP contribution in [0.2, 0.25) is 0 Å². The zero-order valence-electron chi connectivity index (χ0n) is 8.25. The van der Waals surface area contributed by atoms with Gasteiger partial charge in [0.05, 0.1) is 13.2 Å². The van der Waals surface area contributed by atoms with E-state index in [-0.39, 0.29) is 6.61 Å². The highest BCUT2D eigenvalue weighted by Gasteiger charge is 2.19. The van der Waals surface area contributed by atoms with E-state index in [0.29, 0.717) is 19.1 Å².